The van der Waals surface area contributed by atoms with Gasteiger partial charge in [-0.1, -0.05) is 47.6 Å². The number of esters is 1. The highest BCUT2D eigenvalue weighted by atomic mass is 16.5. The van der Waals surface area contributed by atoms with Crippen molar-refractivity contribution in [1.82, 2.24) is 0 Å². The second kappa shape index (κ2) is 9.78. The van der Waals surface area contributed by atoms with E-state index in [-0.39, 0.29) is 12.4 Å². The molecule has 0 spiro atoms. The minimum Gasteiger partial charge on any atom is -0.465 e. The molecule has 3 nitrogen and oxygen atoms in total. The maximum atomic E-state index is 12.6. The molecule has 124 valence electrons. The van der Waals surface area contributed by atoms with E-state index in [1.807, 2.05) is 25.1 Å². The monoisotopic (exact) mass is 314 g/mol. The quantitative estimate of drug-likeness (QED) is 0.305. The molecule has 0 aromatic heterocycles. The summed E-state index contributed by atoms with van der Waals surface area (Å²) in [6.07, 6.45) is 5.42. The summed E-state index contributed by atoms with van der Waals surface area (Å²) in [5.41, 5.74) is 2.90. The van der Waals surface area contributed by atoms with Gasteiger partial charge in [0.25, 0.3) is 0 Å². The highest BCUT2D eigenvalue weighted by Gasteiger charge is 2.28. The van der Waals surface area contributed by atoms with E-state index in [1.165, 1.54) is 5.57 Å². The van der Waals surface area contributed by atoms with E-state index in [9.17, 15) is 9.59 Å². The summed E-state index contributed by atoms with van der Waals surface area (Å²) in [5.74, 6) is -1.59. The Kier molecular flexibility index (Phi) is 8.03. The highest BCUT2D eigenvalue weighted by molar-refractivity contribution is 6.10. The van der Waals surface area contributed by atoms with E-state index in [2.05, 4.69) is 19.9 Å². The third kappa shape index (κ3) is 6.64. The number of ether oxygens (including phenoxy) is 1. The van der Waals surface area contributed by atoms with Crippen molar-refractivity contribution >= 4 is 11.8 Å². The van der Waals surface area contributed by atoms with Crippen LogP contribution in [0.25, 0.3) is 0 Å². The van der Waals surface area contributed by atoms with Crippen LogP contribution in [-0.4, -0.2) is 18.4 Å². The summed E-state index contributed by atoms with van der Waals surface area (Å²) < 4.78 is 5.08. The van der Waals surface area contributed by atoms with Crippen LogP contribution >= 0.6 is 0 Å². The molecule has 3 heteroatoms. The summed E-state index contributed by atoms with van der Waals surface area (Å²) in [5, 5.41) is 0. The molecular weight excluding hydrogens is 288 g/mol. The van der Waals surface area contributed by atoms with E-state index >= 15 is 0 Å². The maximum absolute atomic E-state index is 12.6. The Bertz CT molecular complexity index is 578. The summed E-state index contributed by atoms with van der Waals surface area (Å²) >= 11 is 0. The third-order valence-electron chi connectivity index (χ3n) is 3.42. The number of allylic oxidation sites excluding steroid dienone is 4. The summed E-state index contributed by atoms with van der Waals surface area (Å²) in [6, 6.07) is 9.06. The van der Waals surface area contributed by atoms with Gasteiger partial charge in [0.05, 0.1) is 6.61 Å². The molecule has 0 bridgehead atoms. The minimum atomic E-state index is -0.880. The van der Waals surface area contributed by atoms with Gasteiger partial charge in [-0.2, -0.15) is 0 Å². The fourth-order valence-electron chi connectivity index (χ4n) is 2.27. The van der Waals surface area contributed by atoms with Gasteiger partial charge in [0, 0.05) is 0 Å². The number of carbonyl (C=O) groups excluding carboxylic acids is 2. The van der Waals surface area contributed by atoms with Crippen LogP contribution in [0.3, 0.4) is 0 Å². The summed E-state index contributed by atoms with van der Waals surface area (Å²) in [7, 11) is 0. The first-order valence-corrected chi connectivity index (χ1v) is 8.01. The zero-order valence-corrected chi connectivity index (χ0v) is 14.5. The van der Waals surface area contributed by atoms with Gasteiger partial charge in [0.1, 0.15) is 5.92 Å². The van der Waals surface area contributed by atoms with E-state index < -0.39 is 11.9 Å². The zero-order valence-electron chi connectivity index (χ0n) is 14.5. The van der Waals surface area contributed by atoms with E-state index in [0.717, 1.165) is 18.4 Å². The van der Waals surface area contributed by atoms with Crippen molar-refractivity contribution in [3.63, 3.8) is 0 Å². The molecule has 0 heterocycles. The van der Waals surface area contributed by atoms with Gasteiger partial charge < -0.3 is 4.74 Å². The molecule has 1 atom stereocenters. The lowest BCUT2D eigenvalue weighted by atomic mass is 9.93. The van der Waals surface area contributed by atoms with Gasteiger partial charge in [0.15, 0.2) is 5.78 Å². The van der Waals surface area contributed by atoms with Crippen molar-refractivity contribution in [2.45, 2.75) is 46.5 Å². The van der Waals surface area contributed by atoms with Gasteiger partial charge in [-0.3, -0.25) is 9.59 Å². The topological polar surface area (TPSA) is 43.4 Å². The average molecular weight is 314 g/mol. The molecule has 1 aromatic rings. The lowest BCUT2D eigenvalue weighted by molar-refractivity contribution is -0.147. The number of hydrogen-bond donors (Lipinski definition) is 0. The summed E-state index contributed by atoms with van der Waals surface area (Å²) in [6.45, 7) is 8.03. The van der Waals surface area contributed by atoms with Gasteiger partial charge in [-0.25, -0.2) is 0 Å². The number of benzene rings is 1. The van der Waals surface area contributed by atoms with Crippen molar-refractivity contribution in [1.29, 1.82) is 0 Å². The van der Waals surface area contributed by atoms with Crippen LogP contribution in [0.2, 0.25) is 0 Å². The molecule has 1 rings (SSSR count). The second-order valence-electron chi connectivity index (χ2n) is 5.81. The molecule has 1 aromatic carbocycles. The first kappa shape index (κ1) is 18.9. The van der Waals surface area contributed by atoms with Crippen LogP contribution in [0.5, 0.6) is 0 Å². The van der Waals surface area contributed by atoms with Crippen molar-refractivity contribution in [2.75, 3.05) is 6.61 Å². The molecule has 1 unspecified atom stereocenters. The number of ketones is 1. The first-order valence-electron chi connectivity index (χ1n) is 8.01. The molecule has 0 saturated heterocycles. The third-order valence-corrected chi connectivity index (χ3v) is 3.42. The Morgan fingerprint density at radius 3 is 2.35 bits per heavy atom. The molecule has 0 N–H and O–H groups in total. The van der Waals surface area contributed by atoms with Gasteiger partial charge >= 0.3 is 5.97 Å². The predicted octanol–water partition coefficient (Wildman–Crippen LogP) is 4.60. The van der Waals surface area contributed by atoms with Crippen molar-refractivity contribution in [3.05, 3.63) is 59.2 Å². The van der Waals surface area contributed by atoms with Crippen LogP contribution in [0.15, 0.2) is 53.6 Å². The number of rotatable bonds is 8. The molecule has 23 heavy (non-hydrogen) atoms. The van der Waals surface area contributed by atoms with Crippen LogP contribution in [0, 0.1) is 0 Å². The second-order valence-corrected chi connectivity index (χ2v) is 5.81. The molecule has 0 aliphatic carbocycles. The Hall–Kier alpha value is -2.16. The fourth-order valence-corrected chi connectivity index (χ4v) is 2.27. The molecule has 0 amide bonds. The largest absolute Gasteiger partial charge is 0.465 e. The van der Waals surface area contributed by atoms with E-state index in [4.69, 9.17) is 4.74 Å². The lowest BCUT2D eigenvalue weighted by Gasteiger charge is -2.13. The number of hydrogen-bond acceptors (Lipinski definition) is 3. The molecule has 0 aliphatic heterocycles. The van der Waals surface area contributed by atoms with E-state index in [1.54, 1.807) is 25.1 Å². The van der Waals surface area contributed by atoms with Crippen LogP contribution in [0.4, 0.5) is 0 Å². The standard InChI is InChI=1S/C20H26O3/c1-5-23-20(22)19(17-12-7-6-8-13-17)18(21)14-16(4)11-9-10-15(2)3/h6-8,10,12-14,19H,5,9,11H2,1-4H3/b16-14+. The smallest absolute Gasteiger partial charge is 0.321 e. The predicted molar refractivity (Wildman–Crippen MR) is 93.2 cm³/mol. The lowest BCUT2D eigenvalue weighted by Crippen LogP contribution is -2.23. The van der Waals surface area contributed by atoms with Crippen LogP contribution < -0.4 is 0 Å². The summed E-state index contributed by atoms with van der Waals surface area (Å²) in [4.78, 5) is 24.8. The van der Waals surface area contributed by atoms with Crippen molar-refractivity contribution in [2.24, 2.45) is 0 Å². The molecule has 0 radical (unpaired) electrons. The Balaban J connectivity index is 2.91. The fraction of sp³-hybridized carbons (Fsp3) is 0.400. The Morgan fingerprint density at radius 1 is 1.13 bits per heavy atom. The highest BCUT2D eigenvalue weighted by Crippen LogP contribution is 2.20. The minimum absolute atomic E-state index is 0.218. The number of carbonyl (C=O) groups is 2. The first-order chi connectivity index (χ1) is 11.0. The van der Waals surface area contributed by atoms with Crippen LogP contribution in [0.1, 0.15) is 52.0 Å². The van der Waals surface area contributed by atoms with Gasteiger partial charge in [-0.05, 0) is 52.2 Å². The van der Waals surface area contributed by atoms with Crippen LogP contribution in [-0.2, 0) is 14.3 Å². The van der Waals surface area contributed by atoms with E-state index in [0.29, 0.717) is 5.56 Å². The Morgan fingerprint density at radius 2 is 1.78 bits per heavy atom. The molecular formula is C20H26O3. The SMILES string of the molecule is CCOC(=O)C(C(=O)/C=C(\C)CCC=C(C)C)c1ccccc1. The van der Waals surface area contributed by atoms with Crippen molar-refractivity contribution < 1.29 is 14.3 Å². The molecule has 0 aliphatic rings. The van der Waals surface area contributed by atoms with Gasteiger partial charge in [-0.15, -0.1) is 0 Å². The van der Waals surface area contributed by atoms with Gasteiger partial charge in [0.2, 0.25) is 0 Å². The Labute approximate surface area is 139 Å². The molecule has 0 fully saturated rings. The normalized spacial score (nSPS) is 12.4. The average Bonchev–Trinajstić information content (AvgIpc) is 2.48. The molecule has 0 saturated carbocycles. The zero-order chi connectivity index (χ0) is 17.2. The van der Waals surface area contributed by atoms with Crippen molar-refractivity contribution in [3.8, 4) is 0 Å². The maximum Gasteiger partial charge on any atom is 0.321 e.